The maximum absolute atomic E-state index is 12.5. The topological polar surface area (TPSA) is 113 Å². The number of aromatic carboxylic acids is 1. The van der Waals surface area contributed by atoms with Gasteiger partial charge in [-0.1, -0.05) is 41.4 Å². The summed E-state index contributed by atoms with van der Waals surface area (Å²) in [6.45, 7) is 2.01. The number of nitrogens with zero attached hydrogens (tertiary/aromatic N) is 1. The molecule has 3 aromatic carbocycles. The molecular weight excluding hydrogens is 551 g/mol. The summed E-state index contributed by atoms with van der Waals surface area (Å²) in [7, 11) is 0. The minimum Gasteiger partial charge on any atom is -0.507 e. The first-order chi connectivity index (χ1) is 19.2. The largest absolute Gasteiger partial charge is 0.507 e. The van der Waals surface area contributed by atoms with Crippen LogP contribution >= 0.6 is 23.2 Å². The summed E-state index contributed by atoms with van der Waals surface area (Å²) in [5.74, 6) is -0.945. The summed E-state index contributed by atoms with van der Waals surface area (Å²) >= 11 is 12.6. The predicted molar refractivity (Wildman–Crippen MR) is 157 cm³/mol. The standard InChI is InChI=1S/C31H20Cl2N2O5/c1-15-6-7-18-22(32)9-10-24(29(18)35-15)34-14-21-25(36)11-8-19-28(16-4-2-3-5-17(16)31(38)39)20-12-23(33)26(37)13-27(20)40-30(19)21/h2-13,34,36H,14H2,1H3,(H,38,39). The zero-order chi connectivity index (χ0) is 28.1. The lowest BCUT2D eigenvalue weighted by Gasteiger charge is -2.19. The molecule has 1 aliphatic heterocycles. The SMILES string of the molecule is Cc1ccc2c(Cl)ccc(NCc3c(O)ccc4c(-c5ccccc5C(=O)O)c5cc(Cl)c(=O)cc-5oc34)c2n1. The Bertz CT molecular complexity index is 2020. The Balaban J connectivity index is 1.60. The number of halogens is 2. The van der Waals surface area contributed by atoms with Gasteiger partial charge < -0.3 is 19.9 Å². The predicted octanol–water partition coefficient (Wildman–Crippen LogP) is 7.74. The molecule has 3 N–H and O–H groups in total. The van der Waals surface area contributed by atoms with Gasteiger partial charge >= 0.3 is 5.97 Å². The van der Waals surface area contributed by atoms with Crippen molar-refractivity contribution in [3.8, 4) is 28.2 Å². The van der Waals surface area contributed by atoms with E-state index in [0.29, 0.717) is 49.4 Å². The molecule has 4 aromatic rings. The number of carboxylic acids is 1. The molecule has 0 saturated heterocycles. The highest BCUT2D eigenvalue weighted by molar-refractivity contribution is 6.35. The zero-order valence-corrected chi connectivity index (χ0v) is 22.5. The number of aromatic hydroxyl groups is 1. The molecule has 2 heterocycles. The molecule has 2 aliphatic rings. The normalized spacial score (nSPS) is 11.4. The van der Waals surface area contributed by atoms with E-state index >= 15 is 0 Å². The molecule has 40 heavy (non-hydrogen) atoms. The van der Waals surface area contributed by atoms with E-state index in [-0.39, 0.29) is 28.6 Å². The average Bonchev–Trinajstić information content (AvgIpc) is 2.93. The number of nitrogens with one attached hydrogen (secondary N) is 1. The van der Waals surface area contributed by atoms with Gasteiger partial charge in [0, 0.05) is 40.2 Å². The van der Waals surface area contributed by atoms with Gasteiger partial charge in [-0.2, -0.15) is 0 Å². The molecule has 9 heteroatoms. The third-order valence-electron chi connectivity index (χ3n) is 6.85. The third-order valence-corrected chi connectivity index (χ3v) is 7.47. The molecule has 0 spiro atoms. The number of pyridine rings is 1. The van der Waals surface area contributed by atoms with Crippen molar-refractivity contribution in [2.75, 3.05) is 5.32 Å². The molecule has 1 aromatic heterocycles. The molecule has 198 valence electrons. The van der Waals surface area contributed by atoms with Crippen molar-refractivity contribution in [1.82, 2.24) is 4.98 Å². The van der Waals surface area contributed by atoms with Gasteiger partial charge in [-0.25, -0.2) is 4.79 Å². The lowest BCUT2D eigenvalue weighted by atomic mass is 9.90. The summed E-state index contributed by atoms with van der Waals surface area (Å²) in [5.41, 5.74) is 3.94. The van der Waals surface area contributed by atoms with Gasteiger partial charge in [0.05, 0.1) is 32.4 Å². The summed E-state index contributed by atoms with van der Waals surface area (Å²) in [6, 6.07) is 19.9. The number of phenols is 1. The van der Waals surface area contributed by atoms with Crippen LogP contribution in [0.1, 0.15) is 21.6 Å². The molecule has 0 radical (unpaired) electrons. The van der Waals surface area contributed by atoms with Crippen LogP contribution in [0.25, 0.3) is 44.3 Å². The van der Waals surface area contributed by atoms with Gasteiger partial charge in [-0.15, -0.1) is 0 Å². The third kappa shape index (κ3) is 4.29. The first-order valence-corrected chi connectivity index (χ1v) is 13.0. The lowest BCUT2D eigenvalue weighted by molar-refractivity contribution is 0.0697. The van der Waals surface area contributed by atoms with Crippen molar-refractivity contribution in [2.45, 2.75) is 13.5 Å². The van der Waals surface area contributed by atoms with Crippen molar-refractivity contribution in [1.29, 1.82) is 0 Å². The summed E-state index contributed by atoms with van der Waals surface area (Å²) in [6.07, 6.45) is 0. The van der Waals surface area contributed by atoms with E-state index in [1.807, 2.05) is 25.1 Å². The summed E-state index contributed by atoms with van der Waals surface area (Å²) in [5, 5.41) is 26.1. The van der Waals surface area contributed by atoms with Crippen molar-refractivity contribution >= 4 is 56.7 Å². The second-order valence-corrected chi connectivity index (χ2v) is 10.2. The molecule has 7 nitrogen and oxygen atoms in total. The Labute approximate surface area is 237 Å². The van der Waals surface area contributed by atoms with Crippen LogP contribution in [0.5, 0.6) is 5.75 Å². The number of aryl methyl sites for hydroxylation is 1. The maximum Gasteiger partial charge on any atom is 0.336 e. The van der Waals surface area contributed by atoms with Gasteiger partial charge in [-0.05, 0) is 61.0 Å². The highest BCUT2D eigenvalue weighted by Crippen LogP contribution is 2.44. The lowest BCUT2D eigenvalue weighted by Crippen LogP contribution is -2.06. The van der Waals surface area contributed by atoms with Gasteiger partial charge in [0.2, 0.25) is 5.43 Å². The van der Waals surface area contributed by atoms with Crippen LogP contribution in [0.4, 0.5) is 5.69 Å². The molecule has 0 amide bonds. The maximum atomic E-state index is 12.5. The number of fused-ring (bicyclic) bond motifs is 3. The van der Waals surface area contributed by atoms with Gasteiger partial charge in [0.25, 0.3) is 0 Å². The number of aromatic nitrogens is 1. The van der Waals surface area contributed by atoms with E-state index in [1.54, 1.807) is 30.3 Å². The summed E-state index contributed by atoms with van der Waals surface area (Å²) < 4.78 is 6.23. The number of anilines is 1. The number of benzene rings is 4. The van der Waals surface area contributed by atoms with Crippen LogP contribution in [-0.4, -0.2) is 21.2 Å². The van der Waals surface area contributed by atoms with Gasteiger partial charge in [-0.3, -0.25) is 9.78 Å². The number of phenolic OH excluding ortho intramolecular Hbond substituents is 1. The fraction of sp³-hybridized carbons (Fsp3) is 0.0645. The molecule has 0 saturated carbocycles. The average molecular weight is 571 g/mol. The second-order valence-electron chi connectivity index (χ2n) is 9.34. The fourth-order valence-corrected chi connectivity index (χ4v) is 5.33. The quantitative estimate of drug-likeness (QED) is 0.181. The van der Waals surface area contributed by atoms with Crippen LogP contribution in [0.15, 0.2) is 82.0 Å². The monoisotopic (exact) mass is 570 g/mol. The van der Waals surface area contributed by atoms with E-state index in [1.165, 1.54) is 24.3 Å². The molecule has 0 atom stereocenters. The number of hydrogen-bond donors (Lipinski definition) is 3. The fourth-order valence-electron chi connectivity index (χ4n) is 4.96. The van der Waals surface area contributed by atoms with E-state index in [4.69, 9.17) is 27.6 Å². The van der Waals surface area contributed by atoms with E-state index in [9.17, 15) is 19.8 Å². The van der Waals surface area contributed by atoms with E-state index < -0.39 is 11.4 Å². The molecule has 0 fully saturated rings. The second kappa shape index (κ2) is 9.86. The van der Waals surface area contributed by atoms with Crippen LogP contribution < -0.4 is 10.7 Å². The molecule has 0 unspecified atom stereocenters. The van der Waals surface area contributed by atoms with Crippen molar-refractivity contribution in [3.05, 3.63) is 110 Å². The molecular formula is C31H20Cl2N2O5. The Morgan fingerprint density at radius 1 is 0.950 bits per heavy atom. The number of rotatable bonds is 5. The van der Waals surface area contributed by atoms with Crippen LogP contribution in [-0.2, 0) is 6.54 Å². The minimum atomic E-state index is -1.11. The number of hydrogen-bond acceptors (Lipinski definition) is 6. The summed E-state index contributed by atoms with van der Waals surface area (Å²) in [4.78, 5) is 29.3. The highest BCUT2D eigenvalue weighted by atomic mass is 35.5. The number of carboxylic acid groups (broad SMARTS) is 1. The van der Waals surface area contributed by atoms with Gasteiger partial charge in [0.1, 0.15) is 17.1 Å². The van der Waals surface area contributed by atoms with Crippen molar-refractivity contribution in [2.24, 2.45) is 0 Å². The Morgan fingerprint density at radius 3 is 2.52 bits per heavy atom. The Morgan fingerprint density at radius 2 is 1.73 bits per heavy atom. The van der Waals surface area contributed by atoms with Gasteiger partial charge in [0.15, 0.2) is 0 Å². The van der Waals surface area contributed by atoms with Crippen LogP contribution in [0, 0.1) is 6.92 Å². The first-order valence-electron chi connectivity index (χ1n) is 12.3. The molecule has 0 bridgehead atoms. The Kier molecular flexibility index (Phi) is 6.33. The first kappa shape index (κ1) is 25.7. The molecule has 6 rings (SSSR count). The zero-order valence-electron chi connectivity index (χ0n) is 21.0. The number of carbonyl (C=O) groups is 1. The van der Waals surface area contributed by atoms with Crippen LogP contribution in [0.3, 0.4) is 0 Å². The van der Waals surface area contributed by atoms with E-state index in [2.05, 4.69) is 10.3 Å². The minimum absolute atomic E-state index is 0.0193. The molecule has 1 aliphatic carbocycles. The van der Waals surface area contributed by atoms with Crippen molar-refractivity contribution < 1.29 is 19.4 Å². The smallest absolute Gasteiger partial charge is 0.336 e. The highest BCUT2D eigenvalue weighted by Gasteiger charge is 2.24. The van der Waals surface area contributed by atoms with Crippen molar-refractivity contribution in [3.63, 3.8) is 0 Å². The van der Waals surface area contributed by atoms with E-state index in [0.717, 1.165) is 11.1 Å². The Hall–Kier alpha value is -4.59. The van der Waals surface area contributed by atoms with Crippen LogP contribution in [0.2, 0.25) is 10.0 Å².